The zero-order valence-corrected chi connectivity index (χ0v) is 9.40. The summed E-state index contributed by atoms with van der Waals surface area (Å²) >= 11 is 0. The predicted molar refractivity (Wildman–Crippen MR) is 62.4 cm³/mol. The molecule has 2 aliphatic rings. The number of hydrogen-bond acceptors (Lipinski definition) is 1. The summed E-state index contributed by atoms with van der Waals surface area (Å²) in [7, 11) is 0. The van der Waals surface area contributed by atoms with Gasteiger partial charge in [-0.3, -0.25) is 0 Å². The molecule has 2 saturated carbocycles. The first-order valence-electron chi connectivity index (χ1n) is 6.22. The molecule has 1 aromatic carbocycles. The van der Waals surface area contributed by atoms with Gasteiger partial charge in [-0.2, -0.15) is 0 Å². The van der Waals surface area contributed by atoms with Crippen LogP contribution in [0.5, 0.6) is 0 Å². The standard InChI is InChI=1S/C14H18FN/c15-13-3-1-2-9(4-13)5-14(16)12-7-10-6-11(10)8-12/h1-4,10-12,14H,5-8,16H2. The lowest BCUT2D eigenvalue weighted by Gasteiger charge is -2.20. The van der Waals surface area contributed by atoms with Gasteiger partial charge in [0.2, 0.25) is 0 Å². The molecule has 2 aliphatic carbocycles. The van der Waals surface area contributed by atoms with Gasteiger partial charge in [-0.05, 0) is 61.1 Å². The minimum atomic E-state index is -0.154. The molecule has 3 atom stereocenters. The van der Waals surface area contributed by atoms with Crippen molar-refractivity contribution in [1.29, 1.82) is 0 Å². The molecule has 1 aromatic rings. The lowest BCUT2D eigenvalue weighted by molar-refractivity contribution is 0.392. The van der Waals surface area contributed by atoms with Crippen LogP contribution in [-0.2, 0) is 6.42 Å². The summed E-state index contributed by atoms with van der Waals surface area (Å²) in [5.74, 6) is 2.47. The van der Waals surface area contributed by atoms with Gasteiger partial charge in [-0.25, -0.2) is 4.39 Å². The van der Waals surface area contributed by atoms with E-state index in [1.165, 1.54) is 25.3 Å². The molecule has 3 rings (SSSR count). The molecule has 0 heterocycles. The van der Waals surface area contributed by atoms with E-state index >= 15 is 0 Å². The quantitative estimate of drug-likeness (QED) is 0.831. The van der Waals surface area contributed by atoms with Crippen LogP contribution in [0.4, 0.5) is 4.39 Å². The average Bonchev–Trinajstić information content (AvgIpc) is 2.86. The van der Waals surface area contributed by atoms with E-state index in [1.807, 2.05) is 6.07 Å². The highest BCUT2D eigenvalue weighted by Gasteiger charge is 2.47. The van der Waals surface area contributed by atoms with Gasteiger partial charge < -0.3 is 5.73 Å². The van der Waals surface area contributed by atoms with E-state index in [-0.39, 0.29) is 11.9 Å². The second kappa shape index (κ2) is 3.85. The summed E-state index contributed by atoms with van der Waals surface area (Å²) < 4.78 is 13.0. The van der Waals surface area contributed by atoms with Gasteiger partial charge in [0.25, 0.3) is 0 Å². The number of nitrogens with two attached hydrogens (primary N) is 1. The Balaban J connectivity index is 1.61. The predicted octanol–water partition coefficient (Wildman–Crippen LogP) is 2.74. The van der Waals surface area contributed by atoms with Crippen LogP contribution in [0.15, 0.2) is 24.3 Å². The summed E-state index contributed by atoms with van der Waals surface area (Å²) in [6, 6.07) is 7.05. The van der Waals surface area contributed by atoms with Crippen LogP contribution < -0.4 is 5.73 Å². The van der Waals surface area contributed by atoms with E-state index in [9.17, 15) is 4.39 Å². The van der Waals surface area contributed by atoms with Gasteiger partial charge in [0.1, 0.15) is 5.82 Å². The third kappa shape index (κ3) is 1.99. The fraction of sp³-hybridized carbons (Fsp3) is 0.571. The van der Waals surface area contributed by atoms with Crippen LogP contribution in [0, 0.1) is 23.6 Å². The molecular weight excluding hydrogens is 201 g/mol. The topological polar surface area (TPSA) is 26.0 Å². The molecule has 0 spiro atoms. The van der Waals surface area contributed by atoms with E-state index in [0.717, 1.165) is 23.8 Å². The summed E-state index contributed by atoms with van der Waals surface area (Å²) in [6.07, 6.45) is 4.87. The lowest BCUT2D eigenvalue weighted by atomic mass is 9.90. The first kappa shape index (κ1) is 10.3. The fourth-order valence-corrected chi connectivity index (χ4v) is 3.21. The second-order valence-electron chi connectivity index (χ2n) is 5.49. The van der Waals surface area contributed by atoms with Gasteiger partial charge in [0.05, 0.1) is 0 Å². The van der Waals surface area contributed by atoms with Crippen LogP contribution in [0.2, 0.25) is 0 Å². The van der Waals surface area contributed by atoms with Crippen LogP contribution in [0.1, 0.15) is 24.8 Å². The molecule has 16 heavy (non-hydrogen) atoms. The monoisotopic (exact) mass is 219 g/mol. The molecule has 0 saturated heterocycles. The highest BCUT2D eigenvalue weighted by atomic mass is 19.1. The van der Waals surface area contributed by atoms with Crippen molar-refractivity contribution in [1.82, 2.24) is 0 Å². The Hall–Kier alpha value is -0.890. The average molecular weight is 219 g/mol. The van der Waals surface area contributed by atoms with Crippen molar-refractivity contribution in [3.05, 3.63) is 35.6 Å². The summed E-state index contributed by atoms with van der Waals surface area (Å²) in [5, 5.41) is 0. The van der Waals surface area contributed by atoms with Gasteiger partial charge in [0.15, 0.2) is 0 Å². The van der Waals surface area contributed by atoms with Crippen LogP contribution in [0.25, 0.3) is 0 Å². The number of hydrogen-bond donors (Lipinski definition) is 1. The zero-order valence-electron chi connectivity index (χ0n) is 9.40. The van der Waals surface area contributed by atoms with Gasteiger partial charge in [0, 0.05) is 6.04 Å². The van der Waals surface area contributed by atoms with Crippen molar-refractivity contribution < 1.29 is 4.39 Å². The third-order valence-corrected chi connectivity index (χ3v) is 4.25. The maximum absolute atomic E-state index is 13.0. The molecule has 2 fully saturated rings. The van der Waals surface area contributed by atoms with Gasteiger partial charge in [-0.1, -0.05) is 12.1 Å². The molecule has 2 N–H and O–H groups in total. The smallest absolute Gasteiger partial charge is 0.123 e. The lowest BCUT2D eigenvalue weighted by Crippen LogP contribution is -2.31. The molecule has 0 radical (unpaired) electrons. The van der Waals surface area contributed by atoms with Crippen LogP contribution in [-0.4, -0.2) is 6.04 Å². The Morgan fingerprint density at radius 2 is 2.00 bits per heavy atom. The Labute approximate surface area is 95.8 Å². The summed E-state index contributed by atoms with van der Waals surface area (Å²) in [4.78, 5) is 0. The highest BCUT2D eigenvalue weighted by molar-refractivity contribution is 5.18. The molecule has 3 unspecified atom stereocenters. The molecule has 0 aromatic heterocycles. The van der Waals surface area contributed by atoms with Crippen LogP contribution in [0.3, 0.4) is 0 Å². The van der Waals surface area contributed by atoms with Crippen molar-refractivity contribution in [3.63, 3.8) is 0 Å². The van der Waals surface area contributed by atoms with Crippen LogP contribution >= 0.6 is 0 Å². The molecule has 0 amide bonds. The molecule has 2 heteroatoms. The highest BCUT2D eigenvalue weighted by Crippen LogP contribution is 2.55. The first-order valence-corrected chi connectivity index (χ1v) is 6.22. The summed E-state index contributed by atoms with van der Waals surface area (Å²) in [5.41, 5.74) is 7.26. The number of fused-ring (bicyclic) bond motifs is 1. The van der Waals surface area contributed by atoms with Gasteiger partial charge in [-0.15, -0.1) is 0 Å². The van der Waals surface area contributed by atoms with Gasteiger partial charge >= 0.3 is 0 Å². The van der Waals surface area contributed by atoms with Crippen molar-refractivity contribution in [3.8, 4) is 0 Å². The van der Waals surface area contributed by atoms with Crippen molar-refractivity contribution >= 4 is 0 Å². The molecular formula is C14H18FN. The molecule has 86 valence electrons. The molecule has 1 nitrogen and oxygen atoms in total. The van der Waals surface area contributed by atoms with E-state index in [1.54, 1.807) is 12.1 Å². The number of halogens is 1. The van der Waals surface area contributed by atoms with E-state index in [2.05, 4.69) is 0 Å². The van der Waals surface area contributed by atoms with Crippen molar-refractivity contribution in [2.45, 2.75) is 31.7 Å². The minimum Gasteiger partial charge on any atom is -0.327 e. The Kier molecular flexibility index (Phi) is 2.47. The normalized spacial score (nSPS) is 33.5. The van der Waals surface area contributed by atoms with Crippen molar-refractivity contribution in [2.24, 2.45) is 23.5 Å². The number of benzene rings is 1. The first-order chi connectivity index (χ1) is 7.72. The van der Waals surface area contributed by atoms with Crippen molar-refractivity contribution in [2.75, 3.05) is 0 Å². The minimum absolute atomic E-state index is 0.154. The fourth-order valence-electron chi connectivity index (χ4n) is 3.21. The Morgan fingerprint density at radius 1 is 1.25 bits per heavy atom. The molecule has 0 bridgehead atoms. The van der Waals surface area contributed by atoms with E-state index in [4.69, 9.17) is 5.73 Å². The number of rotatable bonds is 3. The zero-order chi connectivity index (χ0) is 11.1. The molecule has 0 aliphatic heterocycles. The SMILES string of the molecule is NC(Cc1cccc(F)c1)C1CC2CC2C1. The maximum atomic E-state index is 13.0. The van der Waals surface area contributed by atoms with E-state index < -0.39 is 0 Å². The summed E-state index contributed by atoms with van der Waals surface area (Å²) in [6.45, 7) is 0. The Morgan fingerprint density at radius 3 is 2.69 bits per heavy atom. The Bertz CT molecular complexity index is 380. The largest absolute Gasteiger partial charge is 0.327 e. The maximum Gasteiger partial charge on any atom is 0.123 e. The third-order valence-electron chi connectivity index (χ3n) is 4.25. The van der Waals surface area contributed by atoms with E-state index in [0.29, 0.717) is 5.92 Å². The second-order valence-corrected chi connectivity index (χ2v) is 5.49.